The van der Waals surface area contributed by atoms with Crippen molar-refractivity contribution in [2.45, 2.75) is 24.6 Å². The minimum absolute atomic E-state index is 0.413. The molecule has 0 aliphatic heterocycles. The van der Waals surface area contributed by atoms with E-state index < -0.39 is 46.8 Å². The average molecular weight is 363 g/mol. The van der Waals surface area contributed by atoms with Crippen molar-refractivity contribution in [2.75, 3.05) is 0 Å². The van der Waals surface area contributed by atoms with Crippen LogP contribution in [0.4, 0.5) is 39.5 Å². The molecule has 0 aliphatic carbocycles. The quantitative estimate of drug-likeness (QED) is 0.691. The Morgan fingerprint density at radius 3 is 1.92 bits per heavy atom. The Kier molecular flexibility index (Phi) is 4.31. The molecule has 2 nitrogen and oxygen atoms in total. The fourth-order valence-corrected chi connectivity index (χ4v) is 1.85. The molecule has 132 valence electrons. The highest BCUT2D eigenvalue weighted by atomic mass is 19.4. The Bertz CT molecular complexity index is 719. The van der Waals surface area contributed by atoms with Gasteiger partial charge in [-0.25, -0.2) is 0 Å². The second kappa shape index (κ2) is 5.71. The molecule has 0 unspecified atom stereocenters. The van der Waals surface area contributed by atoms with E-state index in [1.807, 2.05) is 0 Å². The van der Waals surface area contributed by atoms with E-state index >= 15 is 0 Å². The standard InChI is InChI=1S/C13H6F9NO/c14-11(15,16)6-1-2-7-8(5-6)23-4-3-9(7)24-10(12(17,18)19)13(20,21)22/h1-5,10H. The fraction of sp³-hybridized carbons (Fsp3) is 0.308. The summed E-state index contributed by atoms with van der Waals surface area (Å²) in [5, 5.41) is -0.413. The molecule has 2 aromatic rings. The van der Waals surface area contributed by atoms with Crippen molar-refractivity contribution in [2.24, 2.45) is 0 Å². The fourth-order valence-electron chi connectivity index (χ4n) is 1.85. The molecule has 2 rings (SSSR count). The summed E-state index contributed by atoms with van der Waals surface area (Å²) in [6, 6.07) is 2.41. The Balaban J connectivity index is 2.50. The largest absolute Gasteiger partial charge is 0.471 e. The molecule has 24 heavy (non-hydrogen) atoms. The van der Waals surface area contributed by atoms with Gasteiger partial charge in [0.05, 0.1) is 11.1 Å². The van der Waals surface area contributed by atoms with E-state index in [2.05, 4.69) is 9.72 Å². The van der Waals surface area contributed by atoms with E-state index in [0.29, 0.717) is 24.3 Å². The lowest BCUT2D eigenvalue weighted by Crippen LogP contribution is -2.46. The average Bonchev–Trinajstić information content (AvgIpc) is 2.40. The second-order valence-electron chi connectivity index (χ2n) is 4.62. The van der Waals surface area contributed by atoms with E-state index in [9.17, 15) is 39.5 Å². The highest BCUT2D eigenvalue weighted by molar-refractivity contribution is 5.85. The van der Waals surface area contributed by atoms with Crippen molar-refractivity contribution in [3.63, 3.8) is 0 Å². The number of ether oxygens (including phenoxy) is 1. The predicted octanol–water partition coefficient (Wildman–Crippen LogP) is 5.13. The zero-order valence-electron chi connectivity index (χ0n) is 11.2. The number of pyridine rings is 1. The van der Waals surface area contributed by atoms with Crippen LogP contribution in [0.25, 0.3) is 10.9 Å². The van der Waals surface area contributed by atoms with Gasteiger partial charge in [0, 0.05) is 11.6 Å². The first-order valence-electron chi connectivity index (χ1n) is 6.06. The molecule has 0 fully saturated rings. The normalized spacial score (nSPS) is 13.6. The van der Waals surface area contributed by atoms with Crippen molar-refractivity contribution in [1.29, 1.82) is 0 Å². The van der Waals surface area contributed by atoms with Gasteiger partial charge in [-0.2, -0.15) is 39.5 Å². The molecule has 0 atom stereocenters. The van der Waals surface area contributed by atoms with Crippen molar-refractivity contribution < 1.29 is 44.3 Å². The number of halogens is 9. The number of aromatic nitrogens is 1. The number of alkyl halides is 9. The molecule has 1 heterocycles. The number of rotatable bonds is 2. The maximum Gasteiger partial charge on any atom is 0.434 e. The Morgan fingerprint density at radius 1 is 0.833 bits per heavy atom. The third kappa shape index (κ3) is 3.82. The summed E-state index contributed by atoms with van der Waals surface area (Å²) in [5.41, 5.74) is -1.60. The number of fused-ring (bicyclic) bond motifs is 1. The topological polar surface area (TPSA) is 22.1 Å². The van der Waals surface area contributed by atoms with Crippen molar-refractivity contribution in [3.05, 3.63) is 36.0 Å². The molecule has 0 bridgehead atoms. The maximum absolute atomic E-state index is 12.6. The molecule has 11 heteroatoms. The maximum atomic E-state index is 12.6. The van der Waals surface area contributed by atoms with Gasteiger partial charge in [-0.1, -0.05) is 0 Å². The van der Waals surface area contributed by atoms with E-state index in [0.717, 1.165) is 6.20 Å². The van der Waals surface area contributed by atoms with E-state index in [1.54, 1.807) is 0 Å². The Morgan fingerprint density at radius 2 is 1.42 bits per heavy atom. The lowest BCUT2D eigenvalue weighted by Gasteiger charge is -2.24. The first kappa shape index (κ1) is 18.1. The van der Waals surface area contributed by atoms with Gasteiger partial charge in [0.1, 0.15) is 5.75 Å². The molecule has 1 aromatic heterocycles. The molecular formula is C13H6F9NO. The highest BCUT2D eigenvalue weighted by Crippen LogP contribution is 2.39. The molecule has 0 saturated carbocycles. The molecular weight excluding hydrogens is 357 g/mol. The van der Waals surface area contributed by atoms with E-state index in [4.69, 9.17) is 0 Å². The molecule has 0 amide bonds. The van der Waals surface area contributed by atoms with Crippen molar-refractivity contribution in [1.82, 2.24) is 4.98 Å². The molecule has 1 aromatic carbocycles. The van der Waals surface area contributed by atoms with Gasteiger partial charge in [0.15, 0.2) is 0 Å². The molecule has 0 spiro atoms. The lowest BCUT2D eigenvalue weighted by atomic mass is 10.1. The van der Waals surface area contributed by atoms with Crippen LogP contribution in [-0.2, 0) is 6.18 Å². The van der Waals surface area contributed by atoms with Crippen LogP contribution in [0, 0.1) is 0 Å². The summed E-state index contributed by atoms with van der Waals surface area (Å²) < 4.78 is 117. The van der Waals surface area contributed by atoms with Gasteiger partial charge in [-0.05, 0) is 24.3 Å². The minimum atomic E-state index is -5.75. The summed E-state index contributed by atoms with van der Waals surface area (Å²) >= 11 is 0. The zero-order valence-corrected chi connectivity index (χ0v) is 11.2. The first-order chi connectivity index (χ1) is 10.8. The van der Waals surface area contributed by atoms with Crippen LogP contribution in [0.1, 0.15) is 5.56 Å². The van der Waals surface area contributed by atoms with Crippen LogP contribution >= 0.6 is 0 Å². The third-order valence-corrected chi connectivity index (χ3v) is 2.87. The SMILES string of the molecule is FC(F)(F)c1ccc2c(OC(C(F)(F)F)C(F)(F)F)ccnc2c1. The van der Waals surface area contributed by atoms with Crippen LogP contribution in [0.3, 0.4) is 0 Å². The van der Waals surface area contributed by atoms with Gasteiger partial charge in [-0.3, -0.25) is 4.98 Å². The molecule has 0 radical (unpaired) electrons. The third-order valence-electron chi connectivity index (χ3n) is 2.87. The summed E-state index contributed by atoms with van der Waals surface area (Å²) in [5.74, 6) is -0.881. The minimum Gasteiger partial charge on any atom is -0.471 e. The van der Waals surface area contributed by atoms with E-state index in [-0.39, 0.29) is 0 Å². The predicted molar refractivity (Wildman–Crippen MR) is 63.3 cm³/mol. The van der Waals surface area contributed by atoms with Crippen LogP contribution in [0.5, 0.6) is 5.75 Å². The van der Waals surface area contributed by atoms with Gasteiger partial charge in [-0.15, -0.1) is 0 Å². The van der Waals surface area contributed by atoms with Gasteiger partial charge in [0.2, 0.25) is 0 Å². The van der Waals surface area contributed by atoms with Gasteiger partial charge < -0.3 is 4.74 Å². The second-order valence-corrected chi connectivity index (χ2v) is 4.62. The number of nitrogens with zero attached hydrogens (tertiary/aromatic N) is 1. The van der Waals surface area contributed by atoms with Crippen LogP contribution < -0.4 is 4.74 Å². The zero-order chi connectivity index (χ0) is 18.3. The Hall–Kier alpha value is -2.20. The summed E-state index contributed by atoms with van der Waals surface area (Å²) in [4.78, 5) is 3.51. The summed E-state index contributed by atoms with van der Waals surface area (Å²) in [6.07, 6.45) is -19.6. The summed E-state index contributed by atoms with van der Waals surface area (Å²) in [6.45, 7) is 0. The lowest BCUT2D eigenvalue weighted by molar-refractivity contribution is -0.299. The Labute approximate surface area is 127 Å². The van der Waals surface area contributed by atoms with Gasteiger partial charge >= 0.3 is 18.5 Å². The van der Waals surface area contributed by atoms with Crippen molar-refractivity contribution >= 4 is 10.9 Å². The molecule has 0 N–H and O–H groups in total. The number of hydrogen-bond acceptors (Lipinski definition) is 2. The molecule has 0 aliphatic rings. The van der Waals surface area contributed by atoms with Crippen LogP contribution in [0.2, 0.25) is 0 Å². The summed E-state index contributed by atoms with van der Waals surface area (Å²) in [7, 11) is 0. The van der Waals surface area contributed by atoms with Crippen LogP contribution in [0.15, 0.2) is 30.5 Å². The first-order valence-corrected chi connectivity index (χ1v) is 6.06. The molecule has 0 saturated heterocycles. The highest BCUT2D eigenvalue weighted by Gasteiger charge is 2.59. The van der Waals surface area contributed by atoms with Crippen LogP contribution in [-0.4, -0.2) is 23.4 Å². The smallest absolute Gasteiger partial charge is 0.434 e. The number of benzene rings is 1. The van der Waals surface area contributed by atoms with Gasteiger partial charge in [0.25, 0.3) is 6.10 Å². The van der Waals surface area contributed by atoms with E-state index in [1.165, 1.54) is 0 Å². The van der Waals surface area contributed by atoms with Crippen molar-refractivity contribution in [3.8, 4) is 5.75 Å². The monoisotopic (exact) mass is 363 g/mol. The number of hydrogen-bond donors (Lipinski definition) is 0.